The fourth-order valence-corrected chi connectivity index (χ4v) is 1.38. The quantitative estimate of drug-likeness (QED) is 0.702. The Morgan fingerprint density at radius 2 is 1.74 bits per heavy atom. The summed E-state index contributed by atoms with van der Waals surface area (Å²) in [4.78, 5) is 7.85. The van der Waals surface area contributed by atoms with E-state index in [4.69, 9.17) is 0 Å². The number of rotatable bonds is 1. The zero-order valence-corrected chi connectivity index (χ0v) is 14.3. The van der Waals surface area contributed by atoms with E-state index in [9.17, 15) is 0 Å². The Morgan fingerprint density at radius 1 is 1.00 bits per heavy atom. The van der Waals surface area contributed by atoms with Crippen LogP contribution in [-0.4, -0.2) is 9.97 Å². The van der Waals surface area contributed by atoms with Crippen molar-refractivity contribution in [3.63, 3.8) is 0 Å². The van der Waals surface area contributed by atoms with Gasteiger partial charge in [-0.15, -0.1) is 37.3 Å². The molecule has 0 unspecified atom stereocenters. The summed E-state index contributed by atoms with van der Waals surface area (Å²) >= 11 is 0. The van der Waals surface area contributed by atoms with Crippen LogP contribution in [0.15, 0.2) is 49.1 Å². The van der Waals surface area contributed by atoms with E-state index in [0.29, 0.717) is 0 Å². The first-order valence-electron chi connectivity index (χ1n) is 5.21. The average Bonchev–Trinajstić information content (AvgIpc) is 3.07. The molecule has 0 amide bonds. The molecule has 0 saturated carbocycles. The van der Waals surface area contributed by atoms with Gasteiger partial charge in [-0.2, -0.15) is 23.8 Å². The number of nitrogens with zero attached hydrogens (tertiary/aromatic N) is 2. The predicted octanol–water partition coefficient (Wildman–Crippen LogP) is 3.77. The second-order valence-electron chi connectivity index (χ2n) is 3.33. The van der Waals surface area contributed by atoms with Gasteiger partial charge in [0.1, 0.15) is 6.33 Å². The molecule has 2 nitrogen and oxygen atoms in total. The van der Waals surface area contributed by atoms with Gasteiger partial charge in [-0.3, -0.25) is 16.0 Å². The number of halogens is 2. The van der Waals surface area contributed by atoms with Gasteiger partial charge in [0.05, 0.1) is 0 Å². The monoisotopic (exact) mass is 370 g/mol. The van der Waals surface area contributed by atoms with Gasteiger partial charge in [0, 0.05) is 0 Å². The maximum absolute atomic E-state index is 3.92. The molecule has 0 saturated heterocycles. The molecule has 1 aromatic rings. The molecule has 0 radical (unpaired) electrons. The molecule has 98 valence electrons. The maximum Gasteiger partial charge on any atom is 2.00 e. The number of allylic oxidation sites excluding steroid dienone is 8. The molecular formula is C14H14Cl2N2Zr. The second kappa shape index (κ2) is 12.5. The van der Waals surface area contributed by atoms with Crippen molar-refractivity contribution in [1.29, 1.82) is 0 Å². The molecule has 2 aliphatic carbocycles. The van der Waals surface area contributed by atoms with Crippen LogP contribution < -0.4 is 0 Å². The van der Waals surface area contributed by atoms with E-state index in [2.05, 4.69) is 34.3 Å². The Bertz CT molecular complexity index is 444. The van der Waals surface area contributed by atoms with Gasteiger partial charge in [0.25, 0.3) is 0 Å². The van der Waals surface area contributed by atoms with Crippen LogP contribution in [0, 0.1) is 12.2 Å². The fraction of sp³-hybridized carbons (Fsp3) is 0.143. The zero-order valence-electron chi connectivity index (χ0n) is 10.2. The minimum Gasteiger partial charge on any atom is -0.273 e. The Balaban J connectivity index is 0. The minimum absolute atomic E-state index is 0. The van der Waals surface area contributed by atoms with Gasteiger partial charge in [-0.25, -0.2) is 12.2 Å². The first-order valence-corrected chi connectivity index (χ1v) is 5.21. The SMILES string of the molecule is Cl.Cl.[C-]1=C(c2cncnc2)C=CC1.[C-]1=CC=CC1.[Zr+2]. The smallest absolute Gasteiger partial charge is 0.273 e. The molecule has 19 heavy (non-hydrogen) atoms. The maximum atomic E-state index is 3.92. The Labute approximate surface area is 145 Å². The third-order valence-corrected chi connectivity index (χ3v) is 2.15. The normalized spacial score (nSPS) is 13.4. The third kappa shape index (κ3) is 7.62. The van der Waals surface area contributed by atoms with Gasteiger partial charge in [0.15, 0.2) is 0 Å². The summed E-state index contributed by atoms with van der Waals surface area (Å²) in [6.07, 6.45) is 23.3. The van der Waals surface area contributed by atoms with Crippen molar-refractivity contribution in [3.05, 3.63) is 66.8 Å². The molecule has 0 aliphatic heterocycles. The molecule has 0 spiro atoms. The molecule has 0 fully saturated rings. The van der Waals surface area contributed by atoms with Crippen LogP contribution in [0.2, 0.25) is 0 Å². The van der Waals surface area contributed by atoms with Crippen LogP contribution in [0.4, 0.5) is 0 Å². The molecule has 0 atom stereocenters. The summed E-state index contributed by atoms with van der Waals surface area (Å²) in [5, 5.41) is 0. The van der Waals surface area contributed by atoms with Gasteiger partial charge in [0.2, 0.25) is 0 Å². The molecule has 0 bridgehead atoms. The zero-order chi connectivity index (χ0) is 11.1. The van der Waals surface area contributed by atoms with Crippen molar-refractivity contribution in [2.24, 2.45) is 0 Å². The number of hydrogen-bond acceptors (Lipinski definition) is 2. The summed E-state index contributed by atoms with van der Waals surface area (Å²) in [7, 11) is 0. The number of aromatic nitrogens is 2. The van der Waals surface area contributed by atoms with Gasteiger partial charge < -0.3 is 0 Å². The van der Waals surface area contributed by atoms with Crippen molar-refractivity contribution >= 4 is 30.4 Å². The largest absolute Gasteiger partial charge is 2.00 e. The molecule has 3 rings (SSSR count). The summed E-state index contributed by atoms with van der Waals surface area (Å²) in [5.41, 5.74) is 2.15. The van der Waals surface area contributed by atoms with Gasteiger partial charge in [-0.1, -0.05) is 12.0 Å². The van der Waals surface area contributed by atoms with E-state index in [0.717, 1.165) is 24.0 Å². The second-order valence-corrected chi connectivity index (χ2v) is 3.33. The minimum atomic E-state index is 0. The van der Waals surface area contributed by atoms with Gasteiger partial charge in [-0.05, 0) is 12.4 Å². The molecule has 0 N–H and O–H groups in total. The van der Waals surface area contributed by atoms with E-state index >= 15 is 0 Å². The summed E-state index contributed by atoms with van der Waals surface area (Å²) < 4.78 is 0. The van der Waals surface area contributed by atoms with E-state index < -0.39 is 0 Å². The van der Waals surface area contributed by atoms with Crippen molar-refractivity contribution in [2.45, 2.75) is 12.8 Å². The topological polar surface area (TPSA) is 25.8 Å². The fourth-order valence-electron chi connectivity index (χ4n) is 1.38. The van der Waals surface area contributed by atoms with Crippen LogP contribution in [-0.2, 0) is 26.2 Å². The molecular weight excluding hydrogens is 358 g/mol. The Hall–Kier alpha value is -0.497. The molecule has 2 aliphatic rings. The van der Waals surface area contributed by atoms with Crippen LogP contribution in [0.1, 0.15) is 18.4 Å². The van der Waals surface area contributed by atoms with Crippen LogP contribution >= 0.6 is 24.8 Å². The van der Waals surface area contributed by atoms with E-state index in [1.165, 1.54) is 6.33 Å². The van der Waals surface area contributed by atoms with E-state index in [1.807, 2.05) is 18.2 Å². The van der Waals surface area contributed by atoms with Crippen molar-refractivity contribution in [1.82, 2.24) is 9.97 Å². The summed E-state index contributed by atoms with van der Waals surface area (Å²) in [6.45, 7) is 0. The molecule has 1 heterocycles. The van der Waals surface area contributed by atoms with E-state index in [1.54, 1.807) is 12.4 Å². The van der Waals surface area contributed by atoms with Crippen molar-refractivity contribution in [2.75, 3.05) is 0 Å². The van der Waals surface area contributed by atoms with Gasteiger partial charge >= 0.3 is 26.2 Å². The number of hydrogen-bond donors (Lipinski definition) is 0. The molecule has 5 heteroatoms. The summed E-state index contributed by atoms with van der Waals surface area (Å²) in [6, 6.07) is 0. The predicted molar refractivity (Wildman–Crippen MR) is 78.5 cm³/mol. The van der Waals surface area contributed by atoms with Crippen molar-refractivity contribution in [3.8, 4) is 0 Å². The first kappa shape index (κ1) is 20.8. The van der Waals surface area contributed by atoms with Crippen molar-refractivity contribution < 1.29 is 26.2 Å². The van der Waals surface area contributed by atoms with Crippen LogP contribution in [0.3, 0.4) is 0 Å². The van der Waals surface area contributed by atoms with Crippen LogP contribution in [0.25, 0.3) is 5.57 Å². The third-order valence-electron chi connectivity index (χ3n) is 2.15. The van der Waals surface area contributed by atoms with Crippen LogP contribution in [0.5, 0.6) is 0 Å². The molecule has 0 aromatic carbocycles. The Kier molecular flexibility index (Phi) is 13.7. The standard InChI is InChI=1S/C9H7N2.C5H5.2ClH.Zr/c1-2-4-8(3-1)9-5-10-7-11-6-9;1-2-4-5-3-1;;;/h1,3,5-7H,2H2;1-3H,4H2;2*1H;/q2*-1;;;+2. The Morgan fingerprint density at radius 3 is 2.16 bits per heavy atom. The first-order chi connectivity index (χ1) is 7.97. The van der Waals surface area contributed by atoms with E-state index in [-0.39, 0.29) is 51.0 Å². The summed E-state index contributed by atoms with van der Waals surface area (Å²) in [5.74, 6) is 0. The molecule has 1 aromatic heterocycles. The average molecular weight is 372 g/mol.